The molecule has 1 amide bonds. The number of Topliss-reactive ketones (excluding diaryl/α,β-unsaturated/α-hetero) is 1. The molecule has 152 valence electrons. The second-order valence-corrected chi connectivity index (χ2v) is 7.86. The number of ketones is 1. The Kier molecular flexibility index (Phi) is 5.75. The van der Waals surface area contributed by atoms with Crippen LogP contribution in [0.3, 0.4) is 0 Å². The van der Waals surface area contributed by atoms with Crippen LogP contribution >= 0.6 is 0 Å². The maximum absolute atomic E-state index is 12.6. The first-order chi connectivity index (χ1) is 14.5. The van der Waals surface area contributed by atoms with Gasteiger partial charge < -0.3 is 4.90 Å². The summed E-state index contributed by atoms with van der Waals surface area (Å²) in [6.07, 6.45) is 6.24. The summed E-state index contributed by atoms with van der Waals surface area (Å²) < 4.78 is 0. The summed E-state index contributed by atoms with van der Waals surface area (Å²) in [5.74, 6) is 0.316. The Morgan fingerprint density at radius 1 is 1.00 bits per heavy atom. The summed E-state index contributed by atoms with van der Waals surface area (Å²) in [6.45, 7) is 4.67. The van der Waals surface area contributed by atoms with E-state index in [1.54, 1.807) is 0 Å². The van der Waals surface area contributed by atoms with Crippen LogP contribution in [0.25, 0.3) is 11.1 Å². The van der Waals surface area contributed by atoms with Crippen LogP contribution in [0, 0.1) is 6.92 Å². The van der Waals surface area contributed by atoms with E-state index in [4.69, 9.17) is 0 Å². The highest BCUT2D eigenvalue weighted by atomic mass is 16.2. The number of rotatable bonds is 6. The molecular formula is C26H26N2O2. The summed E-state index contributed by atoms with van der Waals surface area (Å²) in [5, 5.41) is 0. The highest BCUT2D eigenvalue weighted by Gasteiger charge is 2.23. The maximum atomic E-state index is 12.6. The molecule has 0 saturated carbocycles. The molecule has 2 heterocycles. The van der Waals surface area contributed by atoms with Gasteiger partial charge in [-0.3, -0.25) is 14.6 Å². The third-order valence-corrected chi connectivity index (χ3v) is 5.69. The lowest BCUT2D eigenvalue weighted by molar-refractivity contribution is -0.118. The molecule has 0 bridgehead atoms. The minimum atomic E-state index is 0.144. The summed E-state index contributed by atoms with van der Waals surface area (Å²) in [5.41, 5.74) is 7.38. The van der Waals surface area contributed by atoms with Crippen LogP contribution in [-0.4, -0.2) is 23.2 Å². The minimum Gasteiger partial charge on any atom is -0.312 e. The lowest BCUT2D eigenvalue weighted by Crippen LogP contribution is -2.27. The molecule has 0 unspecified atom stereocenters. The minimum absolute atomic E-state index is 0.144. The molecule has 4 heteroatoms. The van der Waals surface area contributed by atoms with Crippen LogP contribution in [0.15, 0.2) is 60.9 Å². The number of fused-ring (bicyclic) bond motifs is 1. The van der Waals surface area contributed by atoms with Crippen LogP contribution < -0.4 is 4.90 Å². The number of aromatic nitrogens is 1. The molecule has 1 aliphatic rings. The summed E-state index contributed by atoms with van der Waals surface area (Å²) >= 11 is 0. The van der Waals surface area contributed by atoms with Crippen LogP contribution in [0.1, 0.15) is 46.8 Å². The fourth-order valence-corrected chi connectivity index (χ4v) is 4.04. The number of aryl methyl sites for hydroxylation is 2. The Morgan fingerprint density at radius 3 is 2.50 bits per heavy atom. The fourth-order valence-electron chi connectivity index (χ4n) is 4.04. The summed E-state index contributed by atoms with van der Waals surface area (Å²) in [4.78, 5) is 30.7. The molecule has 1 aromatic heterocycles. The number of hydrogen-bond donors (Lipinski definition) is 0. The summed E-state index contributed by atoms with van der Waals surface area (Å²) in [6, 6.07) is 16.2. The quantitative estimate of drug-likeness (QED) is 0.538. The molecule has 0 radical (unpaired) electrons. The maximum Gasteiger partial charge on any atom is 0.226 e. The molecule has 0 saturated heterocycles. The van der Waals surface area contributed by atoms with Gasteiger partial charge in [-0.05, 0) is 59.7 Å². The van der Waals surface area contributed by atoms with Crippen molar-refractivity contribution in [2.45, 2.75) is 39.5 Å². The van der Waals surface area contributed by atoms with Gasteiger partial charge in [0.1, 0.15) is 0 Å². The van der Waals surface area contributed by atoms with E-state index in [1.165, 1.54) is 5.56 Å². The monoisotopic (exact) mass is 398 g/mol. The van der Waals surface area contributed by atoms with Crippen LogP contribution in [-0.2, 0) is 17.6 Å². The Balaban J connectivity index is 1.45. The van der Waals surface area contributed by atoms with Gasteiger partial charge in [0.2, 0.25) is 5.91 Å². The van der Waals surface area contributed by atoms with Crippen molar-refractivity contribution in [3.8, 4) is 11.1 Å². The van der Waals surface area contributed by atoms with E-state index >= 15 is 0 Å². The van der Waals surface area contributed by atoms with Crippen molar-refractivity contribution in [1.82, 2.24) is 4.98 Å². The molecule has 4 nitrogen and oxygen atoms in total. The first-order valence-corrected chi connectivity index (χ1v) is 10.5. The molecule has 0 fully saturated rings. The Hall–Kier alpha value is -3.27. The van der Waals surface area contributed by atoms with Gasteiger partial charge in [0.15, 0.2) is 5.78 Å². The van der Waals surface area contributed by atoms with E-state index in [0.29, 0.717) is 19.3 Å². The SMILES string of the molecule is CCC(=O)N1CCc2cc(-c3ccc(C(=O)CCc4cncc(C)c4)cc3)ccc21. The molecule has 4 rings (SSSR count). The molecule has 3 aromatic rings. The molecule has 30 heavy (non-hydrogen) atoms. The molecular weight excluding hydrogens is 372 g/mol. The van der Waals surface area contributed by atoms with E-state index in [9.17, 15) is 9.59 Å². The first kappa shape index (κ1) is 20.0. The van der Waals surface area contributed by atoms with Crippen LogP contribution in [0.5, 0.6) is 0 Å². The number of hydrogen-bond acceptors (Lipinski definition) is 3. The lowest BCUT2D eigenvalue weighted by atomic mass is 9.98. The standard InChI is InChI=1S/C26H26N2O2/c1-3-26(30)28-13-12-23-15-22(9-10-24(23)28)20-5-7-21(8-6-20)25(29)11-4-19-14-18(2)16-27-17-19/h5-10,14-17H,3-4,11-13H2,1-2H3. The number of benzene rings is 2. The zero-order valence-corrected chi connectivity index (χ0v) is 17.5. The lowest BCUT2D eigenvalue weighted by Gasteiger charge is -2.16. The average Bonchev–Trinajstić information content (AvgIpc) is 3.20. The van der Waals surface area contributed by atoms with Gasteiger partial charge in [-0.1, -0.05) is 43.3 Å². The molecule has 1 aliphatic heterocycles. The van der Waals surface area contributed by atoms with Crippen molar-refractivity contribution in [1.29, 1.82) is 0 Å². The van der Waals surface area contributed by atoms with Crippen LogP contribution in [0.4, 0.5) is 5.69 Å². The third kappa shape index (κ3) is 4.18. The van der Waals surface area contributed by atoms with Gasteiger partial charge in [0, 0.05) is 43.0 Å². The second kappa shape index (κ2) is 8.62. The van der Waals surface area contributed by atoms with Gasteiger partial charge in [0.05, 0.1) is 0 Å². The number of nitrogens with zero attached hydrogens (tertiary/aromatic N) is 2. The van der Waals surface area contributed by atoms with Crippen molar-refractivity contribution in [2.24, 2.45) is 0 Å². The van der Waals surface area contributed by atoms with Gasteiger partial charge in [-0.2, -0.15) is 0 Å². The van der Waals surface area contributed by atoms with Crippen molar-refractivity contribution >= 4 is 17.4 Å². The first-order valence-electron chi connectivity index (χ1n) is 10.5. The van der Waals surface area contributed by atoms with E-state index in [0.717, 1.165) is 46.5 Å². The van der Waals surface area contributed by atoms with Gasteiger partial charge in [0.25, 0.3) is 0 Å². The number of anilines is 1. The Morgan fingerprint density at radius 2 is 1.77 bits per heavy atom. The zero-order chi connectivity index (χ0) is 21.1. The largest absolute Gasteiger partial charge is 0.312 e. The number of carbonyl (C=O) groups is 2. The number of amides is 1. The molecule has 0 spiro atoms. The van der Waals surface area contributed by atoms with Crippen LogP contribution in [0.2, 0.25) is 0 Å². The highest BCUT2D eigenvalue weighted by molar-refractivity contribution is 5.97. The molecule has 0 atom stereocenters. The third-order valence-electron chi connectivity index (χ3n) is 5.69. The second-order valence-electron chi connectivity index (χ2n) is 7.86. The molecule has 2 aromatic carbocycles. The molecule has 0 aliphatic carbocycles. The fraction of sp³-hybridized carbons (Fsp3) is 0.269. The van der Waals surface area contributed by atoms with Crippen molar-refractivity contribution < 1.29 is 9.59 Å². The Bertz CT molecular complexity index is 1090. The number of carbonyl (C=O) groups excluding carboxylic acids is 2. The van der Waals surface area contributed by atoms with E-state index < -0.39 is 0 Å². The van der Waals surface area contributed by atoms with Gasteiger partial charge in [-0.15, -0.1) is 0 Å². The van der Waals surface area contributed by atoms with E-state index in [1.807, 2.05) is 61.5 Å². The topological polar surface area (TPSA) is 50.3 Å². The predicted molar refractivity (Wildman–Crippen MR) is 120 cm³/mol. The Labute approximate surface area is 177 Å². The average molecular weight is 399 g/mol. The van der Waals surface area contributed by atoms with Crippen molar-refractivity contribution in [3.05, 3.63) is 83.2 Å². The highest BCUT2D eigenvalue weighted by Crippen LogP contribution is 2.33. The van der Waals surface area contributed by atoms with Gasteiger partial charge in [-0.25, -0.2) is 0 Å². The van der Waals surface area contributed by atoms with Crippen molar-refractivity contribution in [3.63, 3.8) is 0 Å². The number of pyridine rings is 1. The van der Waals surface area contributed by atoms with E-state index in [2.05, 4.69) is 23.2 Å². The normalized spacial score (nSPS) is 12.7. The predicted octanol–water partition coefficient (Wildman–Crippen LogP) is 5.17. The van der Waals surface area contributed by atoms with Crippen molar-refractivity contribution in [2.75, 3.05) is 11.4 Å². The molecule has 0 N–H and O–H groups in total. The van der Waals surface area contributed by atoms with E-state index in [-0.39, 0.29) is 11.7 Å². The zero-order valence-electron chi connectivity index (χ0n) is 17.5. The smallest absolute Gasteiger partial charge is 0.226 e. The van der Waals surface area contributed by atoms with Gasteiger partial charge >= 0.3 is 0 Å². The summed E-state index contributed by atoms with van der Waals surface area (Å²) in [7, 11) is 0.